The van der Waals surface area contributed by atoms with Gasteiger partial charge in [0.05, 0.1) is 18.2 Å². The fourth-order valence-electron chi connectivity index (χ4n) is 3.44. The van der Waals surface area contributed by atoms with Crippen LogP contribution in [-0.2, 0) is 11.8 Å². The molecule has 3 rings (SSSR count). The van der Waals surface area contributed by atoms with Gasteiger partial charge < -0.3 is 10.2 Å². The minimum absolute atomic E-state index is 0.0134. The lowest BCUT2D eigenvalue weighted by Gasteiger charge is -2.48. The molecule has 1 aromatic heterocycles. The molecule has 2 amide bonds. The number of carbonyl (C=O) groups is 2. The molecule has 2 fully saturated rings. The number of nitrogens with zero attached hydrogens (tertiary/aromatic N) is 4. The van der Waals surface area contributed by atoms with Crippen molar-refractivity contribution in [2.45, 2.75) is 32.7 Å². The molecule has 8 heteroatoms. The normalized spacial score (nSPS) is 23.6. The van der Waals surface area contributed by atoms with Gasteiger partial charge in [0.25, 0.3) is 5.91 Å². The number of hydrogen-bond acceptors (Lipinski definition) is 5. The molecule has 1 atom stereocenters. The number of piperidine rings is 1. The minimum Gasteiger partial charge on any atom is -0.348 e. The number of hydrogen-bond donors (Lipinski definition) is 1. The first-order valence-corrected chi connectivity index (χ1v) is 9.57. The first-order valence-electron chi connectivity index (χ1n) is 8.41. The minimum atomic E-state index is -0.240. The van der Waals surface area contributed by atoms with E-state index in [0.717, 1.165) is 30.9 Å². The maximum Gasteiger partial charge on any atom is 0.273 e. The van der Waals surface area contributed by atoms with Gasteiger partial charge in [-0.1, -0.05) is 19.1 Å². The summed E-state index contributed by atoms with van der Waals surface area (Å²) in [4.78, 5) is 27.0. The van der Waals surface area contributed by atoms with Crippen molar-refractivity contribution in [3.05, 3.63) is 11.9 Å². The summed E-state index contributed by atoms with van der Waals surface area (Å²) in [6, 6.07) is 0.0185. The van der Waals surface area contributed by atoms with Crippen LogP contribution in [0.4, 0.5) is 0 Å². The maximum absolute atomic E-state index is 12.8. The number of carbonyl (C=O) groups excluding carboxylic acids is 2. The van der Waals surface area contributed by atoms with Gasteiger partial charge in [0.2, 0.25) is 5.91 Å². The molecule has 0 saturated carbocycles. The second-order valence-electron chi connectivity index (χ2n) is 7.36. The Morgan fingerprint density at radius 1 is 1.42 bits per heavy atom. The largest absolute Gasteiger partial charge is 0.348 e. The summed E-state index contributed by atoms with van der Waals surface area (Å²) in [6.07, 6.45) is 3.67. The van der Waals surface area contributed by atoms with E-state index in [4.69, 9.17) is 0 Å². The van der Waals surface area contributed by atoms with Gasteiger partial charge in [0.1, 0.15) is 0 Å². The van der Waals surface area contributed by atoms with Crippen LogP contribution in [0.3, 0.4) is 0 Å². The van der Waals surface area contributed by atoms with Crippen LogP contribution < -0.4 is 5.32 Å². The van der Waals surface area contributed by atoms with Crippen molar-refractivity contribution < 1.29 is 9.59 Å². The van der Waals surface area contributed by atoms with E-state index in [0.29, 0.717) is 12.2 Å². The molecular formula is C16H25N5O2S. The fraction of sp³-hybridized carbons (Fsp3) is 0.750. The Labute approximate surface area is 146 Å². The predicted molar refractivity (Wildman–Crippen MR) is 92.7 cm³/mol. The van der Waals surface area contributed by atoms with Crippen LogP contribution in [0.15, 0.2) is 6.20 Å². The first-order chi connectivity index (χ1) is 11.4. The lowest BCUT2D eigenvalue weighted by molar-refractivity contribution is -0.142. The van der Waals surface area contributed by atoms with Crippen molar-refractivity contribution >= 4 is 23.6 Å². The van der Waals surface area contributed by atoms with Gasteiger partial charge in [-0.3, -0.25) is 14.3 Å². The number of likely N-dealkylation sites (tertiary alicyclic amines) is 1. The molecule has 3 heterocycles. The highest BCUT2D eigenvalue weighted by Crippen LogP contribution is 2.37. The van der Waals surface area contributed by atoms with E-state index < -0.39 is 0 Å². The number of aryl methyl sites for hydroxylation is 1. The molecule has 2 saturated heterocycles. The third-order valence-electron chi connectivity index (χ3n) is 5.06. The average molecular weight is 351 g/mol. The smallest absolute Gasteiger partial charge is 0.273 e. The maximum atomic E-state index is 12.8. The molecule has 24 heavy (non-hydrogen) atoms. The summed E-state index contributed by atoms with van der Waals surface area (Å²) in [5, 5.41) is 10.6. The first kappa shape index (κ1) is 17.3. The molecule has 1 N–H and O–H groups in total. The van der Waals surface area contributed by atoms with Crippen molar-refractivity contribution in [2.24, 2.45) is 18.4 Å². The van der Waals surface area contributed by atoms with Crippen LogP contribution in [0.5, 0.6) is 0 Å². The Morgan fingerprint density at radius 3 is 2.75 bits per heavy atom. The molecule has 2 aliphatic heterocycles. The van der Waals surface area contributed by atoms with E-state index in [2.05, 4.69) is 29.5 Å². The topological polar surface area (TPSA) is 80.1 Å². The van der Waals surface area contributed by atoms with E-state index >= 15 is 0 Å². The molecule has 1 aromatic rings. The Morgan fingerprint density at radius 2 is 2.17 bits per heavy atom. The van der Waals surface area contributed by atoms with Crippen LogP contribution in [0, 0.1) is 11.3 Å². The Bertz CT molecular complexity index is 626. The molecule has 0 aromatic carbocycles. The monoisotopic (exact) mass is 351 g/mol. The molecule has 0 radical (unpaired) electrons. The van der Waals surface area contributed by atoms with Gasteiger partial charge in [0, 0.05) is 31.6 Å². The van der Waals surface area contributed by atoms with Crippen molar-refractivity contribution in [3.63, 3.8) is 0 Å². The standard InChI is InChI=1S/C16H25N5O2S/c1-16(2)5-4-6-21(15(23)11-9-24-10-11)13(16)7-17-14(22)12-8-20(3)19-18-12/h8,11,13H,4-7,9-10H2,1-3H3,(H,17,22). The van der Waals surface area contributed by atoms with Gasteiger partial charge in [-0.25, -0.2) is 0 Å². The second kappa shape index (κ2) is 6.74. The lowest BCUT2D eigenvalue weighted by Crippen LogP contribution is -2.59. The number of aromatic nitrogens is 3. The SMILES string of the molecule is Cn1cc(C(=O)NCC2N(C(=O)C3CSC3)CCCC2(C)C)nn1. The average Bonchev–Trinajstić information content (AvgIpc) is 2.89. The molecule has 132 valence electrons. The van der Waals surface area contributed by atoms with Crippen molar-refractivity contribution in [1.82, 2.24) is 25.2 Å². The van der Waals surface area contributed by atoms with Crippen LogP contribution in [-0.4, -0.2) is 62.3 Å². The number of nitrogens with one attached hydrogen (secondary N) is 1. The summed E-state index contributed by atoms with van der Waals surface area (Å²) < 4.78 is 1.50. The molecule has 2 aliphatic rings. The highest BCUT2D eigenvalue weighted by atomic mass is 32.2. The number of rotatable bonds is 4. The number of amides is 2. The predicted octanol–water partition coefficient (Wildman–Crippen LogP) is 0.925. The van der Waals surface area contributed by atoms with Crippen LogP contribution in [0.1, 0.15) is 37.2 Å². The van der Waals surface area contributed by atoms with E-state index in [1.54, 1.807) is 13.2 Å². The molecule has 0 bridgehead atoms. The zero-order valence-electron chi connectivity index (χ0n) is 14.5. The van der Waals surface area contributed by atoms with E-state index in [9.17, 15) is 9.59 Å². The zero-order chi connectivity index (χ0) is 17.3. The van der Waals surface area contributed by atoms with Gasteiger partial charge in [0.15, 0.2) is 5.69 Å². The molecule has 7 nitrogen and oxygen atoms in total. The molecule has 1 unspecified atom stereocenters. The van der Waals surface area contributed by atoms with Gasteiger partial charge in [-0.05, 0) is 18.3 Å². The summed E-state index contributed by atoms with van der Waals surface area (Å²) >= 11 is 1.82. The Hall–Kier alpha value is -1.57. The van der Waals surface area contributed by atoms with Crippen LogP contribution >= 0.6 is 11.8 Å². The van der Waals surface area contributed by atoms with Crippen molar-refractivity contribution in [1.29, 1.82) is 0 Å². The third-order valence-corrected chi connectivity index (χ3v) is 6.34. The third kappa shape index (κ3) is 3.43. The van der Waals surface area contributed by atoms with Gasteiger partial charge >= 0.3 is 0 Å². The van der Waals surface area contributed by atoms with E-state index in [-0.39, 0.29) is 29.2 Å². The van der Waals surface area contributed by atoms with E-state index in [1.165, 1.54) is 4.68 Å². The van der Waals surface area contributed by atoms with Crippen LogP contribution in [0.25, 0.3) is 0 Å². The fourth-order valence-corrected chi connectivity index (χ4v) is 4.20. The summed E-state index contributed by atoms with van der Waals surface area (Å²) in [6.45, 7) is 5.60. The quantitative estimate of drug-likeness (QED) is 0.873. The highest BCUT2D eigenvalue weighted by Gasteiger charge is 2.42. The number of thioether (sulfide) groups is 1. The highest BCUT2D eigenvalue weighted by molar-refractivity contribution is 8.00. The van der Waals surface area contributed by atoms with Gasteiger partial charge in [-0.15, -0.1) is 5.10 Å². The summed E-state index contributed by atoms with van der Waals surface area (Å²) in [5.74, 6) is 2.02. The Balaban J connectivity index is 1.68. The molecule has 0 aliphatic carbocycles. The Kier molecular flexibility index (Phi) is 4.85. The lowest BCUT2D eigenvalue weighted by atomic mass is 9.76. The van der Waals surface area contributed by atoms with Gasteiger partial charge in [-0.2, -0.15) is 11.8 Å². The summed E-state index contributed by atoms with van der Waals surface area (Å²) in [5.41, 5.74) is 0.292. The summed E-state index contributed by atoms with van der Waals surface area (Å²) in [7, 11) is 1.73. The van der Waals surface area contributed by atoms with E-state index in [1.807, 2.05) is 16.7 Å². The zero-order valence-corrected chi connectivity index (χ0v) is 15.3. The molecular weight excluding hydrogens is 326 g/mol. The second-order valence-corrected chi connectivity index (χ2v) is 8.44. The van der Waals surface area contributed by atoms with Crippen molar-refractivity contribution in [3.8, 4) is 0 Å². The van der Waals surface area contributed by atoms with Crippen molar-refractivity contribution in [2.75, 3.05) is 24.6 Å². The molecule has 0 spiro atoms. The van der Waals surface area contributed by atoms with Crippen LogP contribution in [0.2, 0.25) is 0 Å².